The number of hydrogen-bond donors (Lipinski definition) is 3. The molecule has 6 rings (SSSR count). The van der Waals surface area contributed by atoms with Crippen molar-refractivity contribution in [1.29, 1.82) is 0 Å². The molecule has 1 fully saturated rings. The maximum absolute atomic E-state index is 5.02. The number of hydrogen-bond acceptors (Lipinski definition) is 4. The molecule has 0 spiro atoms. The van der Waals surface area contributed by atoms with Gasteiger partial charge in [0, 0.05) is 17.2 Å². The predicted molar refractivity (Wildman–Crippen MR) is 124 cm³/mol. The van der Waals surface area contributed by atoms with E-state index in [1.807, 2.05) is 0 Å². The van der Waals surface area contributed by atoms with Gasteiger partial charge in [-0.25, -0.2) is 9.97 Å². The second-order valence-corrected chi connectivity index (χ2v) is 8.39. The van der Waals surface area contributed by atoms with E-state index in [1.54, 1.807) is 0 Å². The van der Waals surface area contributed by atoms with E-state index in [-0.39, 0.29) is 0 Å². The van der Waals surface area contributed by atoms with E-state index >= 15 is 0 Å². The van der Waals surface area contributed by atoms with E-state index in [0.717, 1.165) is 70.8 Å². The average molecular weight is 409 g/mol. The summed E-state index contributed by atoms with van der Waals surface area (Å²) in [4.78, 5) is 13.5. The van der Waals surface area contributed by atoms with Gasteiger partial charge in [-0.3, -0.25) is 5.10 Å². The van der Waals surface area contributed by atoms with E-state index < -0.39 is 0 Å². The zero-order valence-electron chi connectivity index (χ0n) is 17.4. The maximum Gasteiger partial charge on any atom is 0.161 e. The van der Waals surface area contributed by atoms with Gasteiger partial charge in [0.2, 0.25) is 0 Å². The van der Waals surface area contributed by atoms with Gasteiger partial charge in [0.15, 0.2) is 11.5 Å². The van der Waals surface area contributed by atoms with Crippen LogP contribution in [-0.4, -0.2) is 38.2 Å². The minimum Gasteiger partial charge on any atom is -0.336 e. The van der Waals surface area contributed by atoms with Crippen LogP contribution in [0, 0.1) is 6.92 Å². The monoisotopic (exact) mass is 408 g/mol. The summed E-state index contributed by atoms with van der Waals surface area (Å²) in [6, 6.07) is 19.0. The molecule has 3 N–H and O–H groups in total. The van der Waals surface area contributed by atoms with E-state index in [4.69, 9.17) is 9.97 Å². The molecule has 6 nitrogen and oxygen atoms in total. The fraction of sp³-hybridized carbons (Fsp3) is 0.240. The number of rotatable bonds is 3. The van der Waals surface area contributed by atoms with Crippen LogP contribution in [-0.2, 0) is 0 Å². The van der Waals surface area contributed by atoms with Crippen LogP contribution < -0.4 is 5.32 Å². The van der Waals surface area contributed by atoms with Crippen molar-refractivity contribution in [1.82, 2.24) is 30.5 Å². The van der Waals surface area contributed by atoms with Crippen molar-refractivity contribution in [2.45, 2.75) is 25.7 Å². The molecule has 6 heteroatoms. The van der Waals surface area contributed by atoms with Crippen LogP contribution in [0.2, 0.25) is 0 Å². The van der Waals surface area contributed by atoms with Gasteiger partial charge in [-0.2, -0.15) is 5.10 Å². The molecule has 1 saturated heterocycles. The van der Waals surface area contributed by atoms with Crippen molar-refractivity contribution in [2.75, 3.05) is 13.1 Å². The first-order valence-corrected chi connectivity index (χ1v) is 10.9. The number of fused-ring (bicyclic) bond motifs is 2. The number of aromatic amines is 2. The fourth-order valence-electron chi connectivity index (χ4n) is 4.61. The lowest BCUT2D eigenvalue weighted by atomic mass is 9.94. The summed E-state index contributed by atoms with van der Waals surface area (Å²) >= 11 is 0. The highest BCUT2D eigenvalue weighted by molar-refractivity contribution is 5.96. The highest BCUT2D eigenvalue weighted by atomic mass is 15.1. The second-order valence-electron chi connectivity index (χ2n) is 8.39. The van der Waals surface area contributed by atoms with Gasteiger partial charge in [0.1, 0.15) is 5.52 Å². The number of para-hydroxylation sites is 1. The van der Waals surface area contributed by atoms with Crippen LogP contribution in [0.5, 0.6) is 0 Å². The van der Waals surface area contributed by atoms with Crippen LogP contribution in [0.1, 0.15) is 30.0 Å². The summed E-state index contributed by atoms with van der Waals surface area (Å²) in [6.07, 6.45) is 2.24. The molecule has 1 aliphatic heterocycles. The van der Waals surface area contributed by atoms with Crippen molar-refractivity contribution in [3.63, 3.8) is 0 Å². The summed E-state index contributed by atoms with van der Waals surface area (Å²) in [7, 11) is 0. The quantitative estimate of drug-likeness (QED) is 0.395. The van der Waals surface area contributed by atoms with Gasteiger partial charge in [-0.05, 0) is 56.6 Å². The van der Waals surface area contributed by atoms with Gasteiger partial charge in [-0.15, -0.1) is 0 Å². The third-order valence-electron chi connectivity index (χ3n) is 6.25. The molecule has 5 aromatic rings. The Kier molecular flexibility index (Phi) is 4.32. The van der Waals surface area contributed by atoms with Gasteiger partial charge in [0.25, 0.3) is 0 Å². The molecule has 0 unspecified atom stereocenters. The van der Waals surface area contributed by atoms with Crippen molar-refractivity contribution in [2.24, 2.45) is 0 Å². The number of piperidine rings is 1. The molecule has 0 saturated carbocycles. The summed E-state index contributed by atoms with van der Waals surface area (Å²) < 4.78 is 0. The van der Waals surface area contributed by atoms with Crippen LogP contribution in [0.15, 0.2) is 54.6 Å². The van der Waals surface area contributed by atoms with Crippen LogP contribution >= 0.6 is 0 Å². The summed E-state index contributed by atoms with van der Waals surface area (Å²) in [5.74, 6) is 1.24. The molecular weight excluding hydrogens is 384 g/mol. The van der Waals surface area contributed by atoms with Crippen LogP contribution in [0.4, 0.5) is 0 Å². The van der Waals surface area contributed by atoms with Crippen LogP contribution in [0.3, 0.4) is 0 Å². The lowest BCUT2D eigenvalue weighted by molar-refractivity contribution is 0.454. The predicted octanol–water partition coefficient (Wildman–Crippen LogP) is 4.94. The highest BCUT2D eigenvalue weighted by Crippen LogP contribution is 2.32. The zero-order chi connectivity index (χ0) is 20.8. The number of imidazole rings is 1. The Morgan fingerprint density at radius 2 is 1.74 bits per heavy atom. The highest BCUT2D eigenvalue weighted by Gasteiger charge is 2.20. The molecule has 31 heavy (non-hydrogen) atoms. The largest absolute Gasteiger partial charge is 0.336 e. The molecule has 0 aliphatic carbocycles. The standard InChI is InChI=1S/C25H24N6/c1-15-4-2-5-17(14-15)18-6-3-7-20-22(18)29-25(28-20)24-23-21(30-31-24)9-8-19(27-23)16-10-12-26-13-11-16/h2-9,14,16,26H,10-13H2,1H3,(H,28,29)(H,30,31). The molecule has 0 bridgehead atoms. The van der Waals surface area contributed by atoms with E-state index in [1.165, 1.54) is 11.1 Å². The van der Waals surface area contributed by atoms with Gasteiger partial charge in [-0.1, -0.05) is 42.0 Å². The Bertz CT molecular complexity index is 1390. The Morgan fingerprint density at radius 1 is 0.871 bits per heavy atom. The minimum absolute atomic E-state index is 0.497. The third kappa shape index (κ3) is 3.20. The molecule has 0 radical (unpaired) electrons. The second kappa shape index (κ2) is 7.32. The van der Waals surface area contributed by atoms with E-state index in [2.05, 4.69) is 82.0 Å². The number of benzene rings is 2. The smallest absolute Gasteiger partial charge is 0.161 e. The van der Waals surface area contributed by atoms with Crippen molar-refractivity contribution < 1.29 is 0 Å². The molecular formula is C25H24N6. The lowest BCUT2D eigenvalue weighted by Gasteiger charge is -2.22. The van der Waals surface area contributed by atoms with Gasteiger partial charge < -0.3 is 10.3 Å². The van der Waals surface area contributed by atoms with Crippen molar-refractivity contribution >= 4 is 22.1 Å². The molecule has 1 aliphatic rings. The van der Waals surface area contributed by atoms with Crippen molar-refractivity contribution in [3.05, 3.63) is 65.9 Å². The molecule has 0 amide bonds. The molecule has 0 atom stereocenters. The first kappa shape index (κ1) is 18.3. The first-order chi connectivity index (χ1) is 15.3. The molecule has 4 heterocycles. The number of nitrogens with one attached hydrogen (secondary N) is 3. The summed E-state index contributed by atoms with van der Waals surface area (Å²) in [5, 5.41) is 11.1. The lowest BCUT2D eigenvalue weighted by Crippen LogP contribution is -2.27. The number of nitrogens with zero attached hydrogens (tertiary/aromatic N) is 3. The Balaban J connectivity index is 1.47. The normalized spacial score (nSPS) is 15.1. The third-order valence-corrected chi connectivity index (χ3v) is 6.25. The maximum atomic E-state index is 5.02. The summed E-state index contributed by atoms with van der Waals surface area (Å²) in [6.45, 7) is 4.21. The first-order valence-electron chi connectivity index (χ1n) is 10.9. The topological polar surface area (TPSA) is 82.3 Å². The number of aryl methyl sites for hydroxylation is 1. The van der Waals surface area contributed by atoms with E-state index in [0.29, 0.717) is 5.92 Å². The average Bonchev–Trinajstić information content (AvgIpc) is 3.43. The number of aromatic nitrogens is 5. The number of pyridine rings is 1. The number of H-pyrrole nitrogens is 2. The molecule has 154 valence electrons. The minimum atomic E-state index is 0.497. The Labute approximate surface area is 180 Å². The summed E-state index contributed by atoms with van der Waals surface area (Å²) in [5.41, 5.74) is 9.21. The van der Waals surface area contributed by atoms with Crippen molar-refractivity contribution in [3.8, 4) is 22.6 Å². The van der Waals surface area contributed by atoms with Gasteiger partial charge >= 0.3 is 0 Å². The fourth-order valence-corrected chi connectivity index (χ4v) is 4.61. The van der Waals surface area contributed by atoms with Crippen LogP contribution in [0.25, 0.3) is 44.7 Å². The SMILES string of the molecule is Cc1cccc(-c2cccc3[nH]c(-c4n[nH]c5ccc(C6CCNCC6)nc45)nc23)c1. The Morgan fingerprint density at radius 3 is 2.61 bits per heavy atom. The Hall–Kier alpha value is -3.51. The molecule has 3 aromatic heterocycles. The zero-order valence-corrected chi connectivity index (χ0v) is 17.4. The van der Waals surface area contributed by atoms with Gasteiger partial charge in [0.05, 0.1) is 16.6 Å². The molecule has 2 aromatic carbocycles. The van der Waals surface area contributed by atoms with E-state index in [9.17, 15) is 0 Å².